The lowest BCUT2D eigenvalue weighted by Crippen LogP contribution is -2.37. The van der Waals surface area contributed by atoms with E-state index in [9.17, 15) is 9.59 Å². The minimum absolute atomic E-state index is 0.102. The van der Waals surface area contributed by atoms with Crippen LogP contribution in [0.4, 0.5) is 0 Å². The van der Waals surface area contributed by atoms with Gasteiger partial charge in [-0.05, 0) is 13.3 Å². The van der Waals surface area contributed by atoms with Gasteiger partial charge in [0.2, 0.25) is 0 Å². The molecular weight excluding hydrogens is 228 g/mol. The lowest BCUT2D eigenvalue weighted by molar-refractivity contribution is 0.0938. The van der Waals surface area contributed by atoms with Crippen LogP contribution in [0.3, 0.4) is 0 Å². The van der Waals surface area contributed by atoms with E-state index in [0.717, 1.165) is 12.1 Å². The molecule has 0 bridgehead atoms. The number of carbonyl (C=O) groups excluding carboxylic acids is 1. The molecule has 4 nitrogen and oxygen atoms in total. The third-order valence-corrected chi connectivity index (χ3v) is 2.69. The van der Waals surface area contributed by atoms with Crippen LogP contribution in [0.1, 0.15) is 29.4 Å². The van der Waals surface area contributed by atoms with Crippen LogP contribution in [0.25, 0.3) is 0 Å². The fourth-order valence-corrected chi connectivity index (χ4v) is 1.56. The lowest BCUT2D eigenvalue weighted by Gasteiger charge is -2.13. The molecule has 0 spiro atoms. The lowest BCUT2D eigenvalue weighted by atomic mass is 10.2. The Kier molecular flexibility index (Phi) is 4.55. The number of aromatic amines is 1. The molecule has 88 valence electrons. The van der Waals surface area contributed by atoms with Crippen LogP contribution in [0, 0.1) is 6.92 Å². The Balaban J connectivity index is 2.85. The molecule has 0 saturated carbocycles. The Labute approximate surface area is 99.0 Å². The number of alkyl halides is 1. The number of nitrogens with one attached hydrogen (secondary N) is 2. The highest BCUT2D eigenvalue weighted by Crippen LogP contribution is 1.97. The quantitative estimate of drug-likeness (QED) is 0.785. The zero-order chi connectivity index (χ0) is 12.1. The molecule has 2 N–H and O–H groups in total. The van der Waals surface area contributed by atoms with Gasteiger partial charge in [0, 0.05) is 29.9 Å². The zero-order valence-corrected chi connectivity index (χ0v) is 10.1. The number of hydrogen-bond acceptors (Lipinski definition) is 2. The molecule has 0 aromatic carbocycles. The minimum Gasteiger partial charge on any atom is -0.364 e. The molecule has 0 radical (unpaired) electrons. The van der Waals surface area contributed by atoms with Crippen molar-refractivity contribution < 1.29 is 4.79 Å². The summed E-state index contributed by atoms with van der Waals surface area (Å²) < 4.78 is 0. The summed E-state index contributed by atoms with van der Waals surface area (Å²) in [5, 5.41) is 2.70. The van der Waals surface area contributed by atoms with Gasteiger partial charge >= 0.3 is 0 Å². The van der Waals surface area contributed by atoms with Gasteiger partial charge in [-0.15, -0.1) is 11.6 Å². The Bertz CT molecular complexity index is 424. The summed E-state index contributed by atoms with van der Waals surface area (Å²) in [5.74, 6) is -0.0415. The summed E-state index contributed by atoms with van der Waals surface area (Å²) in [6.45, 7) is 3.68. The second kappa shape index (κ2) is 5.70. The molecule has 0 aliphatic rings. The van der Waals surface area contributed by atoms with E-state index in [4.69, 9.17) is 11.6 Å². The minimum atomic E-state index is -0.381. The Morgan fingerprint density at radius 3 is 2.81 bits per heavy atom. The molecule has 0 aliphatic carbocycles. The number of carbonyl (C=O) groups is 1. The zero-order valence-electron chi connectivity index (χ0n) is 9.34. The van der Waals surface area contributed by atoms with E-state index in [1.54, 1.807) is 6.92 Å². The highest BCUT2D eigenvalue weighted by atomic mass is 35.5. The summed E-state index contributed by atoms with van der Waals surface area (Å²) in [6, 6.07) is 1.30. The van der Waals surface area contributed by atoms with Crippen molar-refractivity contribution in [2.24, 2.45) is 0 Å². The van der Waals surface area contributed by atoms with Crippen molar-refractivity contribution in [1.82, 2.24) is 10.3 Å². The first-order valence-electron chi connectivity index (χ1n) is 5.14. The maximum absolute atomic E-state index is 11.7. The van der Waals surface area contributed by atoms with E-state index in [1.807, 2.05) is 6.92 Å². The van der Waals surface area contributed by atoms with Gasteiger partial charge < -0.3 is 10.3 Å². The summed E-state index contributed by atoms with van der Waals surface area (Å²) in [6.07, 6.45) is 2.16. The molecule has 1 aromatic rings. The van der Waals surface area contributed by atoms with Crippen molar-refractivity contribution in [2.45, 2.75) is 26.3 Å². The Morgan fingerprint density at radius 2 is 2.31 bits per heavy atom. The molecule has 1 rings (SSSR count). The number of hydrogen-bond donors (Lipinski definition) is 2. The smallest absolute Gasteiger partial charge is 0.256 e. The average Bonchev–Trinajstić information content (AvgIpc) is 2.25. The number of rotatable bonds is 4. The van der Waals surface area contributed by atoms with Crippen molar-refractivity contribution in [1.29, 1.82) is 0 Å². The van der Waals surface area contributed by atoms with Crippen LogP contribution in [-0.2, 0) is 0 Å². The predicted molar refractivity (Wildman–Crippen MR) is 64.1 cm³/mol. The van der Waals surface area contributed by atoms with Gasteiger partial charge in [-0.2, -0.15) is 0 Å². The third-order valence-electron chi connectivity index (χ3n) is 2.32. The van der Waals surface area contributed by atoms with Crippen LogP contribution in [0.15, 0.2) is 17.1 Å². The third kappa shape index (κ3) is 3.10. The van der Waals surface area contributed by atoms with E-state index in [-0.39, 0.29) is 22.9 Å². The molecule has 0 fully saturated rings. The highest BCUT2D eigenvalue weighted by Gasteiger charge is 2.13. The first-order valence-corrected chi connectivity index (χ1v) is 5.68. The molecular formula is C11H15ClN2O2. The number of aromatic nitrogens is 1. The van der Waals surface area contributed by atoms with E-state index in [0.29, 0.717) is 5.88 Å². The predicted octanol–water partition coefficient (Wildman–Crippen LogP) is 1.43. The number of pyridine rings is 1. The Morgan fingerprint density at radius 1 is 1.62 bits per heavy atom. The maximum atomic E-state index is 11.7. The fourth-order valence-electron chi connectivity index (χ4n) is 1.26. The molecule has 1 heterocycles. The van der Waals surface area contributed by atoms with Crippen molar-refractivity contribution in [2.75, 3.05) is 5.88 Å². The number of amides is 1. The van der Waals surface area contributed by atoms with Gasteiger partial charge in [0.15, 0.2) is 5.43 Å². The van der Waals surface area contributed by atoms with Gasteiger partial charge in [-0.25, -0.2) is 0 Å². The molecule has 1 aromatic heterocycles. The van der Waals surface area contributed by atoms with Crippen LogP contribution < -0.4 is 10.7 Å². The second-order valence-electron chi connectivity index (χ2n) is 3.63. The largest absolute Gasteiger partial charge is 0.364 e. The monoisotopic (exact) mass is 242 g/mol. The first-order chi connectivity index (χ1) is 7.58. The summed E-state index contributed by atoms with van der Waals surface area (Å²) in [4.78, 5) is 26.1. The van der Waals surface area contributed by atoms with Crippen molar-refractivity contribution in [3.63, 3.8) is 0 Å². The first kappa shape index (κ1) is 12.8. The Hall–Kier alpha value is -1.29. The topological polar surface area (TPSA) is 62.0 Å². The molecule has 16 heavy (non-hydrogen) atoms. The molecule has 1 atom stereocenters. The molecule has 1 unspecified atom stereocenters. The van der Waals surface area contributed by atoms with Crippen LogP contribution in [0.5, 0.6) is 0 Å². The molecule has 0 saturated heterocycles. The molecule has 1 amide bonds. The average molecular weight is 243 g/mol. The van der Waals surface area contributed by atoms with E-state index >= 15 is 0 Å². The molecule has 5 heteroatoms. The van der Waals surface area contributed by atoms with Crippen LogP contribution in [0.2, 0.25) is 0 Å². The van der Waals surface area contributed by atoms with Gasteiger partial charge in [-0.1, -0.05) is 6.92 Å². The number of H-pyrrole nitrogens is 1. The number of aryl methyl sites for hydroxylation is 1. The van der Waals surface area contributed by atoms with E-state index < -0.39 is 0 Å². The standard InChI is InChI=1S/C11H15ClN2O2/c1-3-8(5-12)14-11(16)9-6-13-7(2)4-10(9)15/h4,6,8H,3,5H2,1-2H3,(H,13,15)(H,14,16). The van der Waals surface area contributed by atoms with Crippen molar-refractivity contribution >= 4 is 17.5 Å². The highest BCUT2D eigenvalue weighted by molar-refractivity contribution is 6.18. The van der Waals surface area contributed by atoms with Gasteiger partial charge in [0.1, 0.15) is 5.56 Å². The SMILES string of the molecule is CCC(CCl)NC(=O)c1c[nH]c(C)cc1=O. The fraction of sp³-hybridized carbons (Fsp3) is 0.455. The second-order valence-corrected chi connectivity index (χ2v) is 3.94. The summed E-state index contributed by atoms with van der Waals surface area (Å²) in [5.41, 5.74) is 0.568. The van der Waals surface area contributed by atoms with Gasteiger partial charge in [0.25, 0.3) is 5.91 Å². The van der Waals surface area contributed by atoms with Crippen LogP contribution >= 0.6 is 11.6 Å². The van der Waals surface area contributed by atoms with Crippen LogP contribution in [-0.4, -0.2) is 22.8 Å². The summed E-state index contributed by atoms with van der Waals surface area (Å²) in [7, 11) is 0. The summed E-state index contributed by atoms with van der Waals surface area (Å²) >= 11 is 5.66. The van der Waals surface area contributed by atoms with Gasteiger partial charge in [0.05, 0.1) is 0 Å². The van der Waals surface area contributed by atoms with Gasteiger partial charge in [-0.3, -0.25) is 9.59 Å². The van der Waals surface area contributed by atoms with E-state index in [1.165, 1.54) is 12.3 Å². The normalized spacial score (nSPS) is 12.2. The van der Waals surface area contributed by atoms with Crippen molar-refractivity contribution in [3.05, 3.63) is 33.7 Å². The molecule has 0 aliphatic heterocycles. The van der Waals surface area contributed by atoms with E-state index in [2.05, 4.69) is 10.3 Å². The maximum Gasteiger partial charge on any atom is 0.256 e. The number of halogens is 1. The van der Waals surface area contributed by atoms with Crippen molar-refractivity contribution in [3.8, 4) is 0 Å².